The van der Waals surface area contributed by atoms with E-state index < -0.39 is 0 Å². The quantitative estimate of drug-likeness (QED) is 0.566. The number of rotatable bonds is 5. The first-order chi connectivity index (χ1) is 9.84. The minimum Gasteiger partial charge on any atom is -0.490 e. The van der Waals surface area contributed by atoms with E-state index in [2.05, 4.69) is 14.9 Å². The van der Waals surface area contributed by atoms with E-state index in [-0.39, 0.29) is 0 Å². The summed E-state index contributed by atoms with van der Waals surface area (Å²) in [5.41, 5.74) is 7.29. The van der Waals surface area contributed by atoms with Crippen molar-refractivity contribution in [2.45, 2.75) is 0 Å². The van der Waals surface area contributed by atoms with Crippen LogP contribution < -0.4 is 15.2 Å². The molecule has 3 rings (SSSR count). The molecule has 0 bridgehead atoms. The lowest BCUT2D eigenvalue weighted by molar-refractivity contribution is 0.218. The summed E-state index contributed by atoms with van der Waals surface area (Å²) in [5.74, 6) is 1.38. The van der Waals surface area contributed by atoms with Crippen LogP contribution in [0.3, 0.4) is 0 Å². The van der Waals surface area contributed by atoms with Gasteiger partial charge >= 0.3 is 0 Å². The second kappa shape index (κ2) is 5.48. The largest absolute Gasteiger partial charge is 0.490 e. The third-order valence-corrected chi connectivity index (χ3v) is 2.76. The van der Waals surface area contributed by atoms with Crippen LogP contribution in [0.25, 0.3) is 11.0 Å². The first-order valence-electron chi connectivity index (χ1n) is 6.16. The molecule has 0 spiro atoms. The van der Waals surface area contributed by atoms with Crippen LogP contribution in [0.5, 0.6) is 11.5 Å². The van der Waals surface area contributed by atoms with Gasteiger partial charge < -0.3 is 15.2 Å². The third kappa shape index (κ3) is 2.49. The summed E-state index contributed by atoms with van der Waals surface area (Å²) in [6.07, 6.45) is 0. The molecule has 20 heavy (non-hydrogen) atoms. The van der Waals surface area contributed by atoms with E-state index in [4.69, 9.17) is 15.2 Å². The maximum atomic E-state index is 5.76. The number of nitrogens with zero attached hydrogens (tertiary/aromatic N) is 2. The Morgan fingerprint density at radius 2 is 1.65 bits per heavy atom. The Morgan fingerprint density at radius 3 is 2.50 bits per heavy atom. The minimum absolute atomic E-state index is 0.390. The van der Waals surface area contributed by atoms with E-state index in [9.17, 15) is 0 Å². The highest BCUT2D eigenvalue weighted by molar-refractivity contribution is 5.90. The van der Waals surface area contributed by atoms with Crippen molar-refractivity contribution in [2.24, 2.45) is 0 Å². The molecule has 2 aromatic carbocycles. The van der Waals surface area contributed by atoms with Crippen LogP contribution in [0.4, 0.5) is 5.69 Å². The SMILES string of the molecule is Nc1ccc(OCCOc2ccccc2)c2nonc12. The van der Waals surface area contributed by atoms with Gasteiger partial charge in [0.1, 0.15) is 19.0 Å². The van der Waals surface area contributed by atoms with Crippen molar-refractivity contribution in [2.75, 3.05) is 18.9 Å². The van der Waals surface area contributed by atoms with Crippen molar-refractivity contribution < 1.29 is 14.1 Å². The fourth-order valence-corrected chi connectivity index (χ4v) is 1.81. The van der Waals surface area contributed by atoms with Crippen LogP contribution in [0.2, 0.25) is 0 Å². The molecule has 0 aliphatic rings. The van der Waals surface area contributed by atoms with E-state index in [1.54, 1.807) is 12.1 Å². The Balaban J connectivity index is 1.60. The standard InChI is InChI=1S/C14H13N3O3/c15-11-6-7-12(14-13(11)16-20-17-14)19-9-8-18-10-4-2-1-3-5-10/h1-7H,8-9,15H2. The van der Waals surface area contributed by atoms with Gasteiger partial charge in [-0.2, -0.15) is 0 Å². The van der Waals surface area contributed by atoms with Gasteiger partial charge in [-0.15, -0.1) is 0 Å². The van der Waals surface area contributed by atoms with Gasteiger partial charge in [0.15, 0.2) is 16.8 Å². The zero-order chi connectivity index (χ0) is 13.8. The zero-order valence-corrected chi connectivity index (χ0v) is 10.7. The molecular formula is C14H13N3O3. The van der Waals surface area contributed by atoms with Crippen LogP contribution in [0, 0.1) is 0 Å². The van der Waals surface area contributed by atoms with Crippen molar-refractivity contribution in [3.8, 4) is 11.5 Å². The fraction of sp³-hybridized carbons (Fsp3) is 0.143. The first-order valence-corrected chi connectivity index (χ1v) is 6.16. The molecule has 0 saturated carbocycles. The van der Waals surface area contributed by atoms with Gasteiger partial charge in [-0.1, -0.05) is 18.2 Å². The van der Waals surface area contributed by atoms with Crippen molar-refractivity contribution in [3.63, 3.8) is 0 Å². The number of benzene rings is 2. The second-order valence-electron chi connectivity index (χ2n) is 4.12. The Labute approximate surface area is 115 Å². The molecule has 0 aliphatic heterocycles. The highest BCUT2D eigenvalue weighted by Crippen LogP contribution is 2.26. The van der Waals surface area contributed by atoms with Crippen molar-refractivity contribution in [3.05, 3.63) is 42.5 Å². The monoisotopic (exact) mass is 271 g/mol. The second-order valence-corrected chi connectivity index (χ2v) is 4.12. The molecule has 1 aromatic heterocycles. The number of hydrogen-bond donors (Lipinski definition) is 1. The van der Waals surface area contributed by atoms with Gasteiger partial charge in [0, 0.05) is 0 Å². The lowest BCUT2D eigenvalue weighted by Gasteiger charge is -2.08. The van der Waals surface area contributed by atoms with Crippen LogP contribution in [0.15, 0.2) is 47.1 Å². The van der Waals surface area contributed by atoms with Gasteiger partial charge in [-0.3, -0.25) is 0 Å². The molecule has 6 nitrogen and oxygen atoms in total. The number of aromatic nitrogens is 2. The molecule has 6 heteroatoms. The molecule has 0 unspecified atom stereocenters. The van der Waals surface area contributed by atoms with E-state index in [1.807, 2.05) is 30.3 Å². The van der Waals surface area contributed by atoms with Crippen LogP contribution >= 0.6 is 0 Å². The number of para-hydroxylation sites is 1. The topological polar surface area (TPSA) is 83.4 Å². The number of fused-ring (bicyclic) bond motifs is 1. The Hall–Kier alpha value is -2.76. The number of anilines is 1. The van der Waals surface area contributed by atoms with Crippen molar-refractivity contribution >= 4 is 16.7 Å². The van der Waals surface area contributed by atoms with Gasteiger partial charge in [0.25, 0.3) is 0 Å². The molecule has 0 radical (unpaired) electrons. The van der Waals surface area contributed by atoms with E-state index >= 15 is 0 Å². The fourth-order valence-electron chi connectivity index (χ4n) is 1.81. The maximum Gasteiger partial charge on any atom is 0.179 e. The molecule has 0 fully saturated rings. The summed E-state index contributed by atoms with van der Waals surface area (Å²) in [4.78, 5) is 0. The van der Waals surface area contributed by atoms with Crippen molar-refractivity contribution in [1.29, 1.82) is 0 Å². The average molecular weight is 271 g/mol. The molecule has 1 heterocycles. The van der Waals surface area contributed by atoms with Crippen LogP contribution in [-0.2, 0) is 0 Å². The summed E-state index contributed by atoms with van der Waals surface area (Å²) in [6, 6.07) is 13.0. The van der Waals surface area contributed by atoms with Crippen molar-refractivity contribution in [1.82, 2.24) is 10.3 Å². The van der Waals surface area contributed by atoms with E-state index in [1.165, 1.54) is 0 Å². The summed E-state index contributed by atoms with van der Waals surface area (Å²) < 4.78 is 15.8. The lowest BCUT2D eigenvalue weighted by Crippen LogP contribution is -2.09. The Bertz CT molecular complexity index is 697. The van der Waals surface area contributed by atoms with Crippen LogP contribution in [0.1, 0.15) is 0 Å². The zero-order valence-electron chi connectivity index (χ0n) is 10.7. The molecule has 0 atom stereocenters. The van der Waals surface area contributed by atoms with Gasteiger partial charge in [-0.05, 0) is 34.6 Å². The molecule has 2 N–H and O–H groups in total. The normalized spacial score (nSPS) is 10.6. The molecule has 0 amide bonds. The highest BCUT2D eigenvalue weighted by Gasteiger charge is 2.10. The highest BCUT2D eigenvalue weighted by atomic mass is 16.6. The average Bonchev–Trinajstić information content (AvgIpc) is 2.97. The van der Waals surface area contributed by atoms with E-state index in [0.29, 0.717) is 35.7 Å². The number of nitrogens with two attached hydrogens (primary N) is 1. The molecule has 3 aromatic rings. The molecule has 0 aliphatic carbocycles. The third-order valence-electron chi connectivity index (χ3n) is 2.76. The maximum absolute atomic E-state index is 5.76. The molecule has 102 valence electrons. The smallest absolute Gasteiger partial charge is 0.179 e. The Kier molecular flexibility index (Phi) is 3.36. The summed E-state index contributed by atoms with van der Waals surface area (Å²) in [6.45, 7) is 0.821. The number of nitrogen functional groups attached to an aromatic ring is 1. The van der Waals surface area contributed by atoms with Gasteiger partial charge in [-0.25, -0.2) is 4.63 Å². The molecule has 0 saturated heterocycles. The summed E-state index contributed by atoms with van der Waals surface area (Å²) >= 11 is 0. The van der Waals surface area contributed by atoms with Gasteiger partial charge in [0.05, 0.1) is 5.69 Å². The van der Waals surface area contributed by atoms with Gasteiger partial charge in [0.2, 0.25) is 0 Å². The predicted octanol–water partition coefficient (Wildman–Crippen LogP) is 2.26. The number of hydrogen-bond acceptors (Lipinski definition) is 6. The number of ether oxygens (including phenoxy) is 2. The molecular weight excluding hydrogens is 258 g/mol. The lowest BCUT2D eigenvalue weighted by atomic mass is 10.2. The predicted molar refractivity (Wildman–Crippen MR) is 73.6 cm³/mol. The Morgan fingerprint density at radius 1 is 0.900 bits per heavy atom. The van der Waals surface area contributed by atoms with Crippen LogP contribution in [-0.4, -0.2) is 23.5 Å². The first kappa shape index (κ1) is 12.3. The minimum atomic E-state index is 0.390. The summed E-state index contributed by atoms with van der Waals surface area (Å²) in [7, 11) is 0. The summed E-state index contributed by atoms with van der Waals surface area (Å²) in [5, 5.41) is 7.52. The van der Waals surface area contributed by atoms with E-state index in [0.717, 1.165) is 5.75 Å².